The van der Waals surface area contributed by atoms with Crippen molar-refractivity contribution in [2.45, 2.75) is 38.6 Å². The van der Waals surface area contributed by atoms with Crippen LogP contribution in [-0.4, -0.2) is 19.3 Å². The molecular weight excluding hydrogens is 374 g/mol. The highest BCUT2D eigenvalue weighted by atomic mass is 79.9. The van der Waals surface area contributed by atoms with E-state index in [-0.39, 0.29) is 0 Å². The number of sulfonamides is 1. The van der Waals surface area contributed by atoms with Crippen LogP contribution < -0.4 is 0 Å². The molecule has 2 aromatic rings. The monoisotopic (exact) mass is 393 g/mol. The molecule has 0 fully saturated rings. The van der Waals surface area contributed by atoms with Gasteiger partial charge in [-0.25, -0.2) is 8.42 Å². The Morgan fingerprint density at radius 2 is 1.65 bits per heavy atom. The first kappa shape index (κ1) is 16.7. The molecule has 0 radical (unpaired) electrons. The Balaban J connectivity index is 2.01. The molecule has 1 heterocycles. The van der Waals surface area contributed by atoms with Gasteiger partial charge in [0.2, 0.25) is 10.0 Å². The van der Waals surface area contributed by atoms with Crippen LogP contribution >= 0.6 is 15.9 Å². The number of rotatable bonds is 2. The van der Waals surface area contributed by atoms with Gasteiger partial charge in [0.25, 0.3) is 0 Å². The summed E-state index contributed by atoms with van der Waals surface area (Å²) in [6.07, 6.45) is 0.748. The molecule has 2 aromatic carbocycles. The molecule has 0 aromatic heterocycles. The van der Waals surface area contributed by atoms with Crippen molar-refractivity contribution < 1.29 is 8.42 Å². The van der Waals surface area contributed by atoms with Gasteiger partial charge in [-0.2, -0.15) is 4.31 Å². The second-order valence-corrected chi connectivity index (χ2v) is 9.02. The molecular formula is C18H20BrNO2S. The molecule has 122 valence electrons. The lowest BCUT2D eigenvalue weighted by Crippen LogP contribution is -2.36. The predicted molar refractivity (Wildman–Crippen MR) is 96.1 cm³/mol. The molecule has 0 aliphatic carbocycles. The maximum absolute atomic E-state index is 13.1. The third-order valence-electron chi connectivity index (χ3n) is 4.35. The molecule has 0 unspecified atom stereocenters. The average Bonchev–Trinajstić information content (AvgIpc) is 2.45. The number of nitrogens with zero attached hydrogens (tertiary/aromatic N) is 1. The van der Waals surface area contributed by atoms with E-state index >= 15 is 0 Å². The highest BCUT2D eigenvalue weighted by molar-refractivity contribution is 9.10. The van der Waals surface area contributed by atoms with Gasteiger partial charge in [0.05, 0.1) is 4.90 Å². The lowest BCUT2D eigenvalue weighted by molar-refractivity contribution is 0.390. The molecule has 3 rings (SSSR count). The standard InChI is InChI=1S/C18H20BrNO2S/c1-12-8-13(2)18(14(3)9-12)23(21,22)20-7-6-15-10-17(19)5-4-16(15)11-20/h4-5,8-10H,6-7,11H2,1-3H3. The predicted octanol–water partition coefficient (Wildman–Crippen LogP) is 4.12. The summed E-state index contributed by atoms with van der Waals surface area (Å²) in [6.45, 7) is 6.71. The fourth-order valence-electron chi connectivity index (χ4n) is 3.40. The fraction of sp³-hybridized carbons (Fsp3) is 0.333. The minimum Gasteiger partial charge on any atom is -0.207 e. The summed E-state index contributed by atoms with van der Waals surface area (Å²) in [5, 5.41) is 0. The van der Waals surface area contributed by atoms with Crippen LogP contribution in [0.25, 0.3) is 0 Å². The molecule has 0 N–H and O–H groups in total. The molecule has 0 saturated carbocycles. The summed E-state index contributed by atoms with van der Waals surface area (Å²) in [6, 6.07) is 9.94. The molecule has 23 heavy (non-hydrogen) atoms. The van der Waals surface area contributed by atoms with Gasteiger partial charge in [0, 0.05) is 17.6 Å². The van der Waals surface area contributed by atoms with E-state index in [4.69, 9.17) is 0 Å². The first-order valence-electron chi connectivity index (χ1n) is 7.64. The van der Waals surface area contributed by atoms with Crippen molar-refractivity contribution in [3.05, 3.63) is 62.6 Å². The minimum absolute atomic E-state index is 0.442. The van der Waals surface area contributed by atoms with Crippen molar-refractivity contribution in [3.8, 4) is 0 Å². The average molecular weight is 394 g/mol. The van der Waals surface area contributed by atoms with E-state index in [2.05, 4.69) is 22.0 Å². The number of hydrogen-bond donors (Lipinski definition) is 0. The van der Waals surface area contributed by atoms with Gasteiger partial charge in [0.1, 0.15) is 0 Å². The van der Waals surface area contributed by atoms with Gasteiger partial charge in [0.15, 0.2) is 0 Å². The molecule has 5 heteroatoms. The third-order valence-corrected chi connectivity index (χ3v) is 6.99. The summed E-state index contributed by atoms with van der Waals surface area (Å²) < 4.78 is 28.9. The van der Waals surface area contributed by atoms with Gasteiger partial charge >= 0.3 is 0 Å². The quantitative estimate of drug-likeness (QED) is 0.769. The van der Waals surface area contributed by atoms with Gasteiger partial charge in [-0.1, -0.05) is 39.7 Å². The molecule has 0 bridgehead atoms. The second kappa shape index (κ2) is 6.04. The second-order valence-electron chi connectivity index (χ2n) is 6.23. The van der Waals surface area contributed by atoms with Gasteiger partial charge < -0.3 is 0 Å². The Kier molecular flexibility index (Phi) is 4.38. The number of aryl methyl sites for hydroxylation is 3. The molecule has 1 aliphatic heterocycles. The van der Waals surface area contributed by atoms with Crippen LogP contribution in [0.1, 0.15) is 27.8 Å². The lowest BCUT2D eigenvalue weighted by Gasteiger charge is -2.29. The van der Waals surface area contributed by atoms with Crippen LogP contribution in [0, 0.1) is 20.8 Å². The van der Waals surface area contributed by atoms with Crippen LogP contribution in [0.2, 0.25) is 0 Å². The largest absolute Gasteiger partial charge is 0.243 e. The van der Waals surface area contributed by atoms with Gasteiger partial charge in [-0.3, -0.25) is 0 Å². The molecule has 1 aliphatic rings. The fourth-order valence-corrected chi connectivity index (χ4v) is 5.64. The molecule has 0 amide bonds. The summed E-state index contributed by atoms with van der Waals surface area (Å²) in [5.74, 6) is 0. The molecule has 0 saturated heterocycles. The zero-order chi connectivity index (χ0) is 16.8. The highest BCUT2D eigenvalue weighted by Crippen LogP contribution is 2.30. The normalized spacial score (nSPS) is 15.5. The van der Waals surface area contributed by atoms with E-state index in [0.29, 0.717) is 18.0 Å². The maximum atomic E-state index is 13.1. The highest BCUT2D eigenvalue weighted by Gasteiger charge is 2.30. The van der Waals surface area contributed by atoms with Crippen molar-refractivity contribution in [1.29, 1.82) is 0 Å². The van der Waals surface area contributed by atoms with Crippen LogP contribution in [-0.2, 0) is 23.0 Å². The van der Waals surface area contributed by atoms with E-state index in [0.717, 1.165) is 33.1 Å². The summed E-state index contributed by atoms with van der Waals surface area (Å²) in [7, 11) is -3.47. The van der Waals surface area contributed by atoms with E-state index < -0.39 is 10.0 Å². The van der Waals surface area contributed by atoms with Crippen LogP contribution in [0.4, 0.5) is 0 Å². The van der Waals surface area contributed by atoms with Crippen molar-refractivity contribution in [2.24, 2.45) is 0 Å². The first-order chi connectivity index (χ1) is 10.8. The Morgan fingerprint density at radius 3 is 2.30 bits per heavy atom. The third kappa shape index (κ3) is 3.10. The Labute approximate surface area is 146 Å². The zero-order valence-electron chi connectivity index (χ0n) is 13.6. The Morgan fingerprint density at radius 1 is 1.00 bits per heavy atom. The van der Waals surface area contributed by atoms with E-state index in [1.165, 1.54) is 5.56 Å². The van der Waals surface area contributed by atoms with E-state index in [9.17, 15) is 8.42 Å². The smallest absolute Gasteiger partial charge is 0.207 e. The van der Waals surface area contributed by atoms with Gasteiger partial charge in [-0.05, 0) is 61.6 Å². The van der Waals surface area contributed by atoms with Crippen molar-refractivity contribution >= 4 is 26.0 Å². The number of hydrogen-bond acceptors (Lipinski definition) is 2. The van der Waals surface area contributed by atoms with Crippen LogP contribution in [0.3, 0.4) is 0 Å². The maximum Gasteiger partial charge on any atom is 0.243 e. The summed E-state index contributed by atoms with van der Waals surface area (Å²) >= 11 is 3.48. The molecule has 3 nitrogen and oxygen atoms in total. The number of benzene rings is 2. The minimum atomic E-state index is -3.47. The molecule has 0 atom stereocenters. The van der Waals surface area contributed by atoms with Gasteiger partial charge in [-0.15, -0.1) is 0 Å². The van der Waals surface area contributed by atoms with Crippen molar-refractivity contribution in [2.75, 3.05) is 6.54 Å². The van der Waals surface area contributed by atoms with E-state index in [1.807, 2.05) is 45.0 Å². The van der Waals surface area contributed by atoms with Crippen LogP contribution in [0.5, 0.6) is 0 Å². The van der Waals surface area contributed by atoms with Crippen LogP contribution in [0.15, 0.2) is 39.7 Å². The summed E-state index contributed by atoms with van der Waals surface area (Å²) in [4.78, 5) is 0.462. The lowest BCUT2D eigenvalue weighted by atomic mass is 10.0. The SMILES string of the molecule is Cc1cc(C)c(S(=O)(=O)N2CCc3cc(Br)ccc3C2)c(C)c1. The number of fused-ring (bicyclic) bond motifs is 1. The number of halogens is 1. The Bertz CT molecular complexity index is 852. The van der Waals surface area contributed by atoms with Crippen molar-refractivity contribution in [3.63, 3.8) is 0 Å². The molecule has 0 spiro atoms. The summed E-state index contributed by atoms with van der Waals surface area (Å²) in [5.41, 5.74) is 5.05. The topological polar surface area (TPSA) is 37.4 Å². The van der Waals surface area contributed by atoms with E-state index in [1.54, 1.807) is 4.31 Å². The Hall–Kier alpha value is -1.17. The zero-order valence-corrected chi connectivity index (χ0v) is 16.0. The first-order valence-corrected chi connectivity index (χ1v) is 9.87. The van der Waals surface area contributed by atoms with Crippen molar-refractivity contribution in [1.82, 2.24) is 4.31 Å².